The van der Waals surface area contributed by atoms with Crippen LogP contribution in [0.3, 0.4) is 0 Å². The lowest BCUT2D eigenvalue weighted by Gasteiger charge is -2.13. The molecular weight excluding hydrogens is 461 g/mol. The number of alkyl halides is 3. The number of carbonyl (C=O) groups is 1. The number of nitrogens with one attached hydrogen (secondary N) is 1. The summed E-state index contributed by atoms with van der Waals surface area (Å²) in [6.45, 7) is 0. The average molecular weight is 469 g/mol. The minimum absolute atomic E-state index is 0.0431. The number of hydrogen-bond donors (Lipinski definition) is 1. The topological polar surface area (TPSA) is 46.9 Å². The van der Waals surface area contributed by atoms with E-state index in [1.807, 2.05) is 0 Å². The van der Waals surface area contributed by atoms with Crippen LogP contribution in [0.1, 0.15) is 16.1 Å². The minimum Gasteiger partial charge on any atom is -0.322 e. The van der Waals surface area contributed by atoms with Gasteiger partial charge in [0.2, 0.25) is 0 Å². The summed E-state index contributed by atoms with van der Waals surface area (Å²) < 4.78 is 41.7. The third-order valence-corrected chi connectivity index (χ3v) is 4.73. The van der Waals surface area contributed by atoms with Crippen LogP contribution >= 0.6 is 46.4 Å². The Balaban J connectivity index is 2.05. The molecule has 0 aliphatic carbocycles. The fraction of sp³-hybridized carbons (Fsp3) is 0.0588. The molecule has 4 nitrogen and oxygen atoms in total. The molecule has 0 radical (unpaired) electrons. The summed E-state index contributed by atoms with van der Waals surface area (Å²) >= 11 is 23.4. The van der Waals surface area contributed by atoms with Gasteiger partial charge in [-0.2, -0.15) is 18.3 Å². The Morgan fingerprint density at radius 1 is 0.964 bits per heavy atom. The number of nitrogens with zero attached hydrogens (tertiary/aromatic N) is 2. The molecule has 11 heteroatoms. The van der Waals surface area contributed by atoms with E-state index < -0.39 is 23.3 Å². The van der Waals surface area contributed by atoms with Crippen LogP contribution in [0, 0.1) is 0 Å². The van der Waals surface area contributed by atoms with Crippen LogP contribution in [-0.2, 0) is 6.18 Å². The molecule has 0 unspecified atom stereocenters. The van der Waals surface area contributed by atoms with Crippen molar-refractivity contribution in [1.82, 2.24) is 9.78 Å². The smallest absolute Gasteiger partial charge is 0.322 e. The third kappa shape index (κ3) is 4.38. The molecule has 1 N–H and O–H groups in total. The van der Waals surface area contributed by atoms with Gasteiger partial charge in [-0.05, 0) is 36.4 Å². The SMILES string of the molecule is O=C(Nc1ccc(Cl)c(Cl)c1)c1cnn(-c2cc(Cl)cc(Cl)c2)c1C(F)(F)F. The van der Waals surface area contributed by atoms with Crippen molar-refractivity contribution in [3.8, 4) is 5.69 Å². The summed E-state index contributed by atoms with van der Waals surface area (Å²) in [5.41, 5.74) is -1.83. The molecule has 1 heterocycles. The number of amides is 1. The van der Waals surface area contributed by atoms with Crippen molar-refractivity contribution in [2.24, 2.45) is 0 Å². The molecule has 1 aromatic heterocycles. The molecule has 0 atom stereocenters. The second kappa shape index (κ2) is 7.83. The fourth-order valence-corrected chi connectivity index (χ4v) is 3.23. The number of rotatable bonds is 3. The van der Waals surface area contributed by atoms with Crippen molar-refractivity contribution >= 4 is 58.0 Å². The highest BCUT2D eigenvalue weighted by Gasteiger charge is 2.40. The number of hydrogen-bond acceptors (Lipinski definition) is 2. The normalized spacial score (nSPS) is 11.5. The quantitative estimate of drug-likeness (QED) is 0.461. The predicted molar refractivity (Wildman–Crippen MR) is 103 cm³/mol. The third-order valence-electron chi connectivity index (χ3n) is 3.55. The molecule has 0 aliphatic heterocycles. The first kappa shape index (κ1) is 20.8. The van der Waals surface area contributed by atoms with Gasteiger partial charge in [-0.15, -0.1) is 0 Å². The van der Waals surface area contributed by atoms with E-state index in [0.29, 0.717) is 4.68 Å². The molecule has 3 rings (SSSR count). The first-order valence-corrected chi connectivity index (χ1v) is 8.95. The van der Waals surface area contributed by atoms with Crippen molar-refractivity contribution in [3.05, 3.63) is 73.9 Å². The second-order valence-corrected chi connectivity index (χ2v) is 7.21. The Hall–Kier alpha value is -1.93. The van der Waals surface area contributed by atoms with Crippen LogP contribution in [0.15, 0.2) is 42.6 Å². The van der Waals surface area contributed by atoms with E-state index >= 15 is 0 Å². The number of anilines is 1. The molecule has 0 spiro atoms. The van der Waals surface area contributed by atoms with Crippen molar-refractivity contribution in [2.45, 2.75) is 6.18 Å². The zero-order chi connectivity index (χ0) is 20.6. The van der Waals surface area contributed by atoms with Crippen molar-refractivity contribution in [2.75, 3.05) is 5.32 Å². The van der Waals surface area contributed by atoms with Crippen molar-refractivity contribution in [1.29, 1.82) is 0 Å². The minimum atomic E-state index is -4.88. The summed E-state index contributed by atoms with van der Waals surface area (Å²) in [6.07, 6.45) is -4.07. The summed E-state index contributed by atoms with van der Waals surface area (Å²) in [6, 6.07) is 7.98. The van der Waals surface area contributed by atoms with Crippen LogP contribution in [0.4, 0.5) is 18.9 Å². The standard InChI is InChI=1S/C17H8Cl4F3N3O/c18-8-3-9(19)5-11(4-8)27-15(17(22,23)24)12(7-25-27)16(28)26-10-1-2-13(20)14(21)6-10/h1-7H,(H,26,28). The van der Waals surface area contributed by atoms with Crippen molar-refractivity contribution in [3.63, 3.8) is 0 Å². The fourth-order valence-electron chi connectivity index (χ4n) is 2.42. The van der Waals surface area contributed by atoms with Gasteiger partial charge in [0.25, 0.3) is 5.91 Å². The van der Waals surface area contributed by atoms with E-state index in [-0.39, 0.29) is 31.5 Å². The van der Waals surface area contributed by atoms with Gasteiger partial charge < -0.3 is 5.32 Å². The molecule has 2 aromatic carbocycles. The molecule has 0 bridgehead atoms. The Labute approximate surface area is 176 Å². The Morgan fingerprint density at radius 3 is 2.18 bits per heavy atom. The Morgan fingerprint density at radius 2 is 1.61 bits per heavy atom. The lowest BCUT2D eigenvalue weighted by molar-refractivity contribution is -0.143. The second-order valence-electron chi connectivity index (χ2n) is 5.53. The zero-order valence-corrected chi connectivity index (χ0v) is 16.5. The molecule has 0 aliphatic rings. The van der Waals surface area contributed by atoms with Crippen LogP contribution < -0.4 is 5.32 Å². The van der Waals surface area contributed by atoms with Crippen LogP contribution in [-0.4, -0.2) is 15.7 Å². The first-order valence-electron chi connectivity index (χ1n) is 7.44. The summed E-state index contributed by atoms with van der Waals surface area (Å²) in [5, 5.41) is 6.65. The molecule has 1 amide bonds. The monoisotopic (exact) mass is 467 g/mol. The highest BCUT2D eigenvalue weighted by Crippen LogP contribution is 2.35. The van der Waals surface area contributed by atoms with Gasteiger partial charge in [0.15, 0.2) is 5.69 Å². The number of carbonyl (C=O) groups excluding carboxylic acids is 1. The van der Waals surface area contributed by atoms with E-state index in [9.17, 15) is 18.0 Å². The van der Waals surface area contributed by atoms with Crippen LogP contribution in [0.2, 0.25) is 20.1 Å². The maximum Gasteiger partial charge on any atom is 0.434 e. The zero-order valence-electron chi connectivity index (χ0n) is 13.5. The highest BCUT2D eigenvalue weighted by molar-refractivity contribution is 6.42. The lowest BCUT2D eigenvalue weighted by Crippen LogP contribution is -2.20. The molecule has 0 saturated carbocycles. The van der Waals surface area contributed by atoms with Crippen molar-refractivity contribution < 1.29 is 18.0 Å². The first-order chi connectivity index (χ1) is 13.1. The Kier molecular flexibility index (Phi) is 5.82. The van der Waals surface area contributed by atoms with E-state index in [1.54, 1.807) is 0 Å². The van der Waals surface area contributed by atoms with Gasteiger partial charge >= 0.3 is 6.18 Å². The van der Waals surface area contributed by atoms with E-state index in [4.69, 9.17) is 46.4 Å². The molecule has 0 fully saturated rings. The van der Waals surface area contributed by atoms with Gasteiger partial charge in [-0.1, -0.05) is 46.4 Å². The highest BCUT2D eigenvalue weighted by atomic mass is 35.5. The average Bonchev–Trinajstić information content (AvgIpc) is 3.03. The van der Waals surface area contributed by atoms with Gasteiger partial charge in [-0.25, -0.2) is 4.68 Å². The van der Waals surface area contributed by atoms with Gasteiger partial charge in [0.05, 0.1) is 27.5 Å². The van der Waals surface area contributed by atoms with Gasteiger partial charge in [0.1, 0.15) is 0 Å². The number of halogens is 7. The van der Waals surface area contributed by atoms with E-state index in [2.05, 4.69) is 10.4 Å². The summed E-state index contributed by atoms with van der Waals surface area (Å²) in [7, 11) is 0. The maximum absolute atomic E-state index is 13.7. The molecule has 146 valence electrons. The van der Waals surface area contributed by atoms with Gasteiger partial charge in [-0.3, -0.25) is 4.79 Å². The van der Waals surface area contributed by atoms with E-state index in [1.165, 1.54) is 36.4 Å². The maximum atomic E-state index is 13.7. The number of aromatic nitrogens is 2. The summed E-state index contributed by atoms with van der Waals surface area (Å²) in [5.74, 6) is -1.02. The Bertz CT molecular complexity index is 1050. The molecule has 3 aromatic rings. The van der Waals surface area contributed by atoms with Crippen LogP contribution in [0.25, 0.3) is 5.69 Å². The predicted octanol–water partition coefficient (Wildman–Crippen LogP) is 6.76. The lowest BCUT2D eigenvalue weighted by atomic mass is 10.2. The largest absolute Gasteiger partial charge is 0.434 e. The molecule has 28 heavy (non-hydrogen) atoms. The number of benzene rings is 2. The van der Waals surface area contributed by atoms with E-state index in [0.717, 1.165) is 6.20 Å². The molecule has 0 saturated heterocycles. The summed E-state index contributed by atoms with van der Waals surface area (Å²) in [4.78, 5) is 12.5. The van der Waals surface area contributed by atoms with Crippen LogP contribution in [0.5, 0.6) is 0 Å². The van der Waals surface area contributed by atoms with Gasteiger partial charge in [0, 0.05) is 15.7 Å². The molecular formula is C17H8Cl4F3N3O.